The zero-order chi connectivity index (χ0) is 17.8. The molecule has 5 nitrogen and oxygen atoms in total. The summed E-state index contributed by atoms with van der Waals surface area (Å²) < 4.78 is 10.5. The summed E-state index contributed by atoms with van der Waals surface area (Å²) in [4.78, 5) is 23.8. The second-order valence-corrected chi connectivity index (χ2v) is 6.09. The largest absolute Gasteiger partial charge is 0.464 e. The maximum Gasteiger partial charge on any atom is 0.310 e. The van der Waals surface area contributed by atoms with Gasteiger partial charge in [-0.15, -0.1) is 0 Å². The van der Waals surface area contributed by atoms with Crippen LogP contribution in [0.3, 0.4) is 0 Å². The molecule has 1 N–H and O–H groups in total. The Hall–Kier alpha value is -2.79. The molecule has 0 fully saturated rings. The lowest BCUT2D eigenvalue weighted by atomic mass is 10.1. The second-order valence-electron chi connectivity index (χ2n) is 5.65. The average Bonchev–Trinajstić information content (AvgIpc) is 2.97. The number of ether oxygens (including phenoxy) is 1. The van der Waals surface area contributed by atoms with Gasteiger partial charge >= 0.3 is 5.97 Å². The summed E-state index contributed by atoms with van der Waals surface area (Å²) in [5, 5.41) is 4.07. The number of furan rings is 1. The Morgan fingerprint density at radius 2 is 1.92 bits per heavy atom. The van der Waals surface area contributed by atoms with Crippen LogP contribution in [0.25, 0.3) is 11.0 Å². The molecular weight excluding hydrogens is 342 g/mol. The molecule has 0 saturated heterocycles. The molecule has 0 saturated carbocycles. The number of carbonyl (C=O) groups is 2. The van der Waals surface area contributed by atoms with Gasteiger partial charge in [-0.3, -0.25) is 9.59 Å². The molecule has 3 rings (SSSR count). The molecule has 0 bridgehead atoms. The fourth-order valence-corrected chi connectivity index (χ4v) is 2.54. The zero-order valence-electron chi connectivity index (χ0n) is 13.5. The maximum absolute atomic E-state index is 12.0. The molecular formula is C19H16ClNO4. The van der Waals surface area contributed by atoms with E-state index in [4.69, 9.17) is 20.8 Å². The molecule has 6 heteroatoms. The highest BCUT2D eigenvalue weighted by Gasteiger charge is 2.13. The van der Waals surface area contributed by atoms with Crippen LogP contribution in [0.5, 0.6) is 0 Å². The van der Waals surface area contributed by atoms with E-state index < -0.39 is 11.9 Å². The van der Waals surface area contributed by atoms with E-state index in [1.54, 1.807) is 30.5 Å². The summed E-state index contributed by atoms with van der Waals surface area (Å²) >= 11 is 5.78. The first-order chi connectivity index (χ1) is 12.0. The van der Waals surface area contributed by atoms with Gasteiger partial charge in [0.15, 0.2) is 6.61 Å². The Morgan fingerprint density at radius 1 is 1.16 bits per heavy atom. The number of fused-ring (bicyclic) bond motifs is 1. The van der Waals surface area contributed by atoms with Gasteiger partial charge in [0.2, 0.25) is 0 Å². The number of amides is 1. The molecule has 1 aromatic heterocycles. The van der Waals surface area contributed by atoms with Crippen LogP contribution in [0.1, 0.15) is 11.1 Å². The van der Waals surface area contributed by atoms with Gasteiger partial charge in [0.05, 0.1) is 12.7 Å². The molecule has 1 amide bonds. The zero-order valence-corrected chi connectivity index (χ0v) is 14.3. The molecule has 25 heavy (non-hydrogen) atoms. The molecule has 0 aliphatic carbocycles. The lowest BCUT2D eigenvalue weighted by Crippen LogP contribution is -2.21. The topological polar surface area (TPSA) is 68.5 Å². The van der Waals surface area contributed by atoms with Crippen molar-refractivity contribution in [3.8, 4) is 0 Å². The van der Waals surface area contributed by atoms with Crippen LogP contribution in [-0.2, 0) is 20.7 Å². The summed E-state index contributed by atoms with van der Waals surface area (Å²) in [5.74, 6) is -0.905. The van der Waals surface area contributed by atoms with Gasteiger partial charge < -0.3 is 14.5 Å². The molecule has 1 heterocycles. The fourth-order valence-electron chi connectivity index (χ4n) is 2.41. The van der Waals surface area contributed by atoms with Crippen molar-refractivity contribution >= 4 is 40.1 Å². The van der Waals surface area contributed by atoms with Gasteiger partial charge in [-0.1, -0.05) is 23.7 Å². The number of esters is 1. The van der Waals surface area contributed by atoms with E-state index in [-0.39, 0.29) is 13.0 Å². The van der Waals surface area contributed by atoms with Crippen LogP contribution in [0.2, 0.25) is 5.02 Å². The summed E-state index contributed by atoms with van der Waals surface area (Å²) in [6.45, 7) is 1.62. The molecule has 0 spiro atoms. The van der Waals surface area contributed by atoms with E-state index >= 15 is 0 Å². The number of nitrogens with one attached hydrogen (secondary N) is 1. The van der Waals surface area contributed by atoms with E-state index in [1.807, 2.05) is 25.1 Å². The third-order valence-electron chi connectivity index (χ3n) is 3.64. The Bertz CT molecular complexity index is 915. The van der Waals surface area contributed by atoms with E-state index in [9.17, 15) is 9.59 Å². The number of benzene rings is 2. The van der Waals surface area contributed by atoms with Crippen LogP contribution in [0.4, 0.5) is 5.69 Å². The lowest BCUT2D eigenvalue weighted by Gasteiger charge is -2.06. The van der Waals surface area contributed by atoms with Crippen molar-refractivity contribution in [1.29, 1.82) is 0 Å². The SMILES string of the molecule is Cc1ccc2c(CC(=O)OCC(=O)Nc3ccc(Cl)cc3)coc2c1. The van der Waals surface area contributed by atoms with Gasteiger partial charge in [0.1, 0.15) is 5.58 Å². The number of anilines is 1. The summed E-state index contributed by atoms with van der Waals surface area (Å²) in [6.07, 6.45) is 1.59. The van der Waals surface area contributed by atoms with E-state index in [0.717, 1.165) is 22.1 Å². The van der Waals surface area contributed by atoms with Crippen molar-refractivity contribution < 1.29 is 18.7 Å². The van der Waals surface area contributed by atoms with Gasteiger partial charge in [-0.25, -0.2) is 0 Å². The van der Waals surface area contributed by atoms with Crippen molar-refractivity contribution in [3.05, 3.63) is 64.9 Å². The van der Waals surface area contributed by atoms with Crippen LogP contribution in [-0.4, -0.2) is 18.5 Å². The highest BCUT2D eigenvalue weighted by atomic mass is 35.5. The maximum atomic E-state index is 12.0. The average molecular weight is 358 g/mol. The highest BCUT2D eigenvalue weighted by molar-refractivity contribution is 6.30. The van der Waals surface area contributed by atoms with Crippen molar-refractivity contribution in [3.63, 3.8) is 0 Å². The molecule has 2 aromatic carbocycles. The third-order valence-corrected chi connectivity index (χ3v) is 3.89. The number of rotatable bonds is 5. The third kappa shape index (κ3) is 4.39. The lowest BCUT2D eigenvalue weighted by molar-refractivity contribution is -0.146. The fraction of sp³-hybridized carbons (Fsp3) is 0.158. The van der Waals surface area contributed by atoms with Crippen molar-refractivity contribution in [2.45, 2.75) is 13.3 Å². The smallest absolute Gasteiger partial charge is 0.310 e. The van der Waals surface area contributed by atoms with Crippen molar-refractivity contribution in [2.24, 2.45) is 0 Å². The molecule has 128 valence electrons. The van der Waals surface area contributed by atoms with E-state index in [2.05, 4.69) is 5.32 Å². The van der Waals surface area contributed by atoms with Crippen LogP contribution < -0.4 is 5.32 Å². The molecule has 0 unspecified atom stereocenters. The number of hydrogen-bond acceptors (Lipinski definition) is 4. The van der Waals surface area contributed by atoms with Crippen molar-refractivity contribution in [2.75, 3.05) is 11.9 Å². The minimum Gasteiger partial charge on any atom is -0.464 e. The van der Waals surface area contributed by atoms with E-state index in [0.29, 0.717) is 10.7 Å². The van der Waals surface area contributed by atoms with E-state index in [1.165, 1.54) is 0 Å². The van der Waals surface area contributed by atoms with Gasteiger partial charge in [-0.05, 0) is 42.8 Å². The predicted molar refractivity (Wildman–Crippen MR) is 95.7 cm³/mol. The first-order valence-electron chi connectivity index (χ1n) is 7.69. The normalized spacial score (nSPS) is 10.6. The molecule has 3 aromatic rings. The first-order valence-corrected chi connectivity index (χ1v) is 8.07. The first kappa shape index (κ1) is 17.0. The standard InChI is InChI=1S/C19H16ClNO4/c1-12-2-7-16-13(10-24-17(16)8-12)9-19(23)25-11-18(22)21-15-5-3-14(20)4-6-15/h2-8,10H,9,11H2,1H3,(H,21,22). The molecule has 0 radical (unpaired) electrons. The van der Waals surface area contributed by atoms with Crippen LogP contribution >= 0.6 is 11.6 Å². The summed E-state index contributed by atoms with van der Waals surface area (Å²) in [5.41, 5.74) is 3.12. The van der Waals surface area contributed by atoms with Crippen molar-refractivity contribution in [1.82, 2.24) is 0 Å². The second kappa shape index (κ2) is 7.40. The Kier molecular flexibility index (Phi) is 5.05. The highest BCUT2D eigenvalue weighted by Crippen LogP contribution is 2.23. The molecule has 0 aliphatic heterocycles. The minimum absolute atomic E-state index is 0.0459. The Morgan fingerprint density at radius 3 is 2.68 bits per heavy atom. The minimum atomic E-state index is -0.491. The summed E-state index contributed by atoms with van der Waals surface area (Å²) in [6, 6.07) is 12.4. The quantitative estimate of drug-likeness (QED) is 0.697. The number of aryl methyl sites for hydroxylation is 1. The Labute approximate surface area is 149 Å². The van der Waals surface area contributed by atoms with Crippen LogP contribution in [0.15, 0.2) is 53.1 Å². The van der Waals surface area contributed by atoms with Crippen LogP contribution in [0, 0.1) is 6.92 Å². The monoisotopic (exact) mass is 357 g/mol. The summed E-state index contributed by atoms with van der Waals surface area (Å²) in [7, 11) is 0. The number of hydrogen-bond donors (Lipinski definition) is 1. The molecule has 0 atom stereocenters. The van der Waals surface area contributed by atoms with Gasteiger partial charge in [-0.2, -0.15) is 0 Å². The number of carbonyl (C=O) groups excluding carboxylic acids is 2. The van der Waals surface area contributed by atoms with Gasteiger partial charge in [0, 0.05) is 21.7 Å². The Balaban J connectivity index is 1.53. The van der Waals surface area contributed by atoms with Gasteiger partial charge in [0.25, 0.3) is 5.91 Å². The number of halogens is 1. The molecule has 0 aliphatic rings. The predicted octanol–water partition coefficient (Wildman–Crippen LogP) is 4.12.